The lowest BCUT2D eigenvalue weighted by atomic mass is 9.82. The number of thioether (sulfide) groups is 1. The van der Waals surface area contributed by atoms with Crippen molar-refractivity contribution < 1.29 is 4.74 Å². The lowest BCUT2D eigenvalue weighted by Gasteiger charge is -2.47. The van der Waals surface area contributed by atoms with Crippen molar-refractivity contribution in [3.63, 3.8) is 0 Å². The average Bonchev–Trinajstić information content (AvgIpc) is 2.62. The highest BCUT2D eigenvalue weighted by atomic mass is 127. The molecule has 3 fully saturated rings. The zero-order chi connectivity index (χ0) is 18.4. The molecule has 3 rings (SSSR count). The Morgan fingerprint density at radius 2 is 1.85 bits per heavy atom. The molecule has 0 saturated carbocycles. The molecular weight excluding hydrogens is 471 g/mol. The van der Waals surface area contributed by atoms with Crippen LogP contribution in [0.3, 0.4) is 0 Å². The van der Waals surface area contributed by atoms with E-state index in [-0.39, 0.29) is 28.7 Å². The fourth-order valence-corrected chi connectivity index (χ4v) is 6.09. The third-order valence-corrected chi connectivity index (χ3v) is 7.84. The summed E-state index contributed by atoms with van der Waals surface area (Å²) in [6.07, 6.45) is 8.85. The Labute approximate surface area is 187 Å². The minimum Gasteiger partial charge on any atom is -0.381 e. The molecule has 2 N–H and O–H groups in total. The fourth-order valence-electron chi connectivity index (χ4n) is 4.87. The van der Waals surface area contributed by atoms with Crippen LogP contribution in [0.25, 0.3) is 0 Å². The zero-order valence-corrected chi connectivity index (χ0v) is 20.5. The van der Waals surface area contributed by atoms with Crippen LogP contribution in [0, 0.1) is 0 Å². The summed E-state index contributed by atoms with van der Waals surface area (Å²) in [6.45, 7) is 7.99. The zero-order valence-electron chi connectivity index (χ0n) is 17.3. The molecule has 0 aromatic rings. The lowest BCUT2D eigenvalue weighted by Crippen LogP contribution is -2.56. The van der Waals surface area contributed by atoms with Gasteiger partial charge in [-0.1, -0.05) is 13.3 Å². The number of piperidine rings is 2. The number of halogens is 1. The summed E-state index contributed by atoms with van der Waals surface area (Å²) >= 11 is 2.07. The molecule has 3 aliphatic heterocycles. The Morgan fingerprint density at radius 3 is 2.44 bits per heavy atom. The van der Waals surface area contributed by atoms with Crippen LogP contribution in [0.15, 0.2) is 4.99 Å². The van der Waals surface area contributed by atoms with Crippen molar-refractivity contribution in [3.05, 3.63) is 0 Å². The second-order valence-corrected chi connectivity index (χ2v) is 9.87. The van der Waals surface area contributed by atoms with E-state index in [2.05, 4.69) is 48.2 Å². The van der Waals surface area contributed by atoms with Crippen LogP contribution >= 0.6 is 35.7 Å². The Kier molecular flexibility index (Phi) is 9.99. The van der Waals surface area contributed by atoms with E-state index in [1.165, 1.54) is 32.1 Å². The van der Waals surface area contributed by atoms with Gasteiger partial charge in [0.1, 0.15) is 0 Å². The third kappa shape index (κ3) is 6.37. The first-order valence-corrected chi connectivity index (χ1v) is 11.6. The van der Waals surface area contributed by atoms with E-state index in [0.717, 1.165) is 62.9 Å². The van der Waals surface area contributed by atoms with Gasteiger partial charge in [0.25, 0.3) is 0 Å². The Bertz CT molecular complexity index is 453. The maximum Gasteiger partial charge on any atom is 0.191 e. The number of hydrogen-bond donors (Lipinski definition) is 2. The van der Waals surface area contributed by atoms with Crippen molar-refractivity contribution in [1.82, 2.24) is 15.5 Å². The minimum absolute atomic E-state index is 0. The summed E-state index contributed by atoms with van der Waals surface area (Å²) in [4.78, 5) is 7.67. The first-order valence-electron chi connectivity index (χ1n) is 10.6. The number of rotatable bonds is 6. The molecule has 7 heteroatoms. The molecule has 0 aromatic heterocycles. The maximum atomic E-state index is 5.60. The van der Waals surface area contributed by atoms with Gasteiger partial charge < -0.3 is 20.3 Å². The number of hydrogen-bond acceptors (Lipinski definition) is 4. The van der Waals surface area contributed by atoms with Crippen molar-refractivity contribution in [2.24, 2.45) is 4.99 Å². The first-order chi connectivity index (χ1) is 12.7. The van der Waals surface area contributed by atoms with E-state index in [1.54, 1.807) is 0 Å². The summed E-state index contributed by atoms with van der Waals surface area (Å²) < 4.78 is 5.86. The predicted octanol–water partition coefficient (Wildman–Crippen LogP) is 3.48. The van der Waals surface area contributed by atoms with Crippen LogP contribution in [0.2, 0.25) is 0 Å². The quantitative estimate of drug-likeness (QED) is 0.326. The molecule has 27 heavy (non-hydrogen) atoms. The number of fused-ring (bicyclic) bond motifs is 2. The Hall–Kier alpha value is 0.270. The molecule has 3 aliphatic rings. The van der Waals surface area contributed by atoms with Crippen LogP contribution in [0.5, 0.6) is 0 Å². The maximum absolute atomic E-state index is 5.60. The van der Waals surface area contributed by atoms with Gasteiger partial charge in [-0.2, -0.15) is 11.8 Å². The summed E-state index contributed by atoms with van der Waals surface area (Å²) in [7, 11) is 2.32. The van der Waals surface area contributed by atoms with Crippen molar-refractivity contribution in [2.45, 2.75) is 81.7 Å². The van der Waals surface area contributed by atoms with Gasteiger partial charge >= 0.3 is 0 Å². The summed E-state index contributed by atoms with van der Waals surface area (Å²) in [6, 6.07) is 2.06. The molecule has 3 heterocycles. The number of ether oxygens (including phenoxy) is 1. The number of guanidine groups is 1. The number of nitrogens with one attached hydrogen (secondary N) is 2. The molecular formula is C20H39IN4OS. The minimum atomic E-state index is 0. The molecule has 3 saturated heterocycles. The van der Waals surface area contributed by atoms with E-state index in [0.29, 0.717) is 6.04 Å². The van der Waals surface area contributed by atoms with Gasteiger partial charge in [-0.15, -0.1) is 24.0 Å². The molecule has 2 unspecified atom stereocenters. The Morgan fingerprint density at radius 1 is 1.19 bits per heavy atom. The second-order valence-electron chi connectivity index (χ2n) is 8.14. The topological polar surface area (TPSA) is 48.9 Å². The molecule has 2 bridgehead atoms. The van der Waals surface area contributed by atoms with Gasteiger partial charge in [-0.05, 0) is 58.2 Å². The average molecular weight is 511 g/mol. The van der Waals surface area contributed by atoms with E-state index in [9.17, 15) is 0 Å². The number of aliphatic imine (C=N–C) groups is 1. The van der Waals surface area contributed by atoms with E-state index < -0.39 is 0 Å². The molecule has 0 aromatic carbocycles. The highest BCUT2D eigenvalue weighted by Gasteiger charge is 2.36. The van der Waals surface area contributed by atoms with Gasteiger partial charge in [-0.25, -0.2) is 0 Å². The van der Waals surface area contributed by atoms with Crippen LogP contribution in [-0.2, 0) is 4.74 Å². The Balaban J connectivity index is 0.00000261. The highest BCUT2D eigenvalue weighted by molar-refractivity contribution is 14.0. The molecule has 0 spiro atoms. The van der Waals surface area contributed by atoms with Gasteiger partial charge in [0, 0.05) is 42.6 Å². The van der Waals surface area contributed by atoms with Crippen LogP contribution in [-0.4, -0.2) is 72.8 Å². The molecule has 0 aliphatic carbocycles. The van der Waals surface area contributed by atoms with Gasteiger partial charge in [0.2, 0.25) is 0 Å². The van der Waals surface area contributed by atoms with Crippen LogP contribution in [0.1, 0.15) is 58.8 Å². The van der Waals surface area contributed by atoms with Crippen molar-refractivity contribution in [3.8, 4) is 0 Å². The van der Waals surface area contributed by atoms with Gasteiger partial charge in [0.05, 0.1) is 6.54 Å². The standard InChI is InChI=1S/C20H38N4OS.HI/c1-4-21-19(22-15-20(26-5-2)9-11-25-12-10-20)23-16-13-17-7-6-8-18(14-16)24(17)3;/h16-18H,4-15H2,1-3H3,(H2,21,22,23);1H. The predicted molar refractivity (Wildman–Crippen MR) is 128 cm³/mol. The summed E-state index contributed by atoms with van der Waals surface area (Å²) in [5.74, 6) is 2.17. The van der Waals surface area contributed by atoms with Gasteiger partial charge in [0.15, 0.2) is 5.96 Å². The monoisotopic (exact) mass is 510 g/mol. The van der Waals surface area contributed by atoms with E-state index in [1.807, 2.05) is 0 Å². The normalized spacial score (nSPS) is 31.1. The molecule has 5 nitrogen and oxygen atoms in total. The molecule has 158 valence electrons. The van der Waals surface area contributed by atoms with Crippen molar-refractivity contribution in [1.29, 1.82) is 0 Å². The van der Waals surface area contributed by atoms with Gasteiger partial charge in [-0.3, -0.25) is 4.99 Å². The lowest BCUT2D eigenvalue weighted by molar-refractivity contribution is 0.0526. The van der Waals surface area contributed by atoms with Crippen LogP contribution in [0.4, 0.5) is 0 Å². The van der Waals surface area contributed by atoms with E-state index in [4.69, 9.17) is 9.73 Å². The van der Waals surface area contributed by atoms with Crippen molar-refractivity contribution >= 4 is 41.7 Å². The third-order valence-electron chi connectivity index (χ3n) is 6.40. The molecule has 0 radical (unpaired) electrons. The fraction of sp³-hybridized carbons (Fsp3) is 0.950. The molecule has 0 amide bonds. The largest absolute Gasteiger partial charge is 0.381 e. The smallest absolute Gasteiger partial charge is 0.191 e. The summed E-state index contributed by atoms with van der Waals surface area (Å²) in [5, 5.41) is 7.27. The summed E-state index contributed by atoms with van der Waals surface area (Å²) in [5.41, 5.74) is 0. The number of nitrogens with zero attached hydrogens (tertiary/aromatic N) is 2. The molecule has 2 atom stereocenters. The second kappa shape index (κ2) is 11.5. The first kappa shape index (κ1) is 23.5. The van der Waals surface area contributed by atoms with Crippen molar-refractivity contribution in [2.75, 3.05) is 39.1 Å². The van der Waals surface area contributed by atoms with Crippen LogP contribution < -0.4 is 10.6 Å². The SMILES string of the molecule is CCNC(=NCC1(SCC)CCOCC1)NC1CC2CCCC(C1)N2C.I. The van der Waals surface area contributed by atoms with E-state index >= 15 is 0 Å². The highest BCUT2D eigenvalue weighted by Crippen LogP contribution is 2.36.